The molecule has 1 aromatic carbocycles. The third kappa shape index (κ3) is 5.40. The highest BCUT2D eigenvalue weighted by molar-refractivity contribution is 5.91. The van der Waals surface area contributed by atoms with Gasteiger partial charge in [-0.1, -0.05) is 0 Å². The van der Waals surface area contributed by atoms with E-state index in [1.165, 1.54) is 0 Å². The maximum atomic E-state index is 14.7. The van der Waals surface area contributed by atoms with E-state index in [9.17, 15) is 41.0 Å². The van der Waals surface area contributed by atoms with Gasteiger partial charge in [0.15, 0.2) is 11.6 Å². The minimum Gasteiger partial charge on any atom is -0.477 e. The number of aliphatic carboxylic acids is 1. The molecule has 1 aliphatic heterocycles. The number of carboxylic acid groups (broad SMARTS) is 2. The van der Waals surface area contributed by atoms with Crippen molar-refractivity contribution < 1.29 is 46.1 Å². The number of carbonyl (C=O) groups is 2. The molecule has 2 aromatic heterocycles. The summed E-state index contributed by atoms with van der Waals surface area (Å²) in [6, 6.07) is 3.51. The van der Waals surface area contributed by atoms with E-state index in [2.05, 4.69) is 4.98 Å². The van der Waals surface area contributed by atoms with Crippen LogP contribution in [-0.2, 0) is 4.79 Å². The van der Waals surface area contributed by atoms with Crippen LogP contribution in [-0.4, -0.2) is 56.8 Å². The molecule has 3 heterocycles. The molecule has 3 aromatic rings. The van der Waals surface area contributed by atoms with E-state index in [1.807, 2.05) is 0 Å². The zero-order valence-corrected chi connectivity index (χ0v) is 17.9. The summed E-state index contributed by atoms with van der Waals surface area (Å²) in [5.74, 6) is -7.05. The molecule has 4 rings (SSSR count). The van der Waals surface area contributed by atoms with Crippen molar-refractivity contribution in [2.45, 2.75) is 18.6 Å². The Morgan fingerprint density at radius 1 is 1.06 bits per heavy atom. The molecule has 1 unspecified atom stereocenters. The SMILES string of the molecule is NC1CCN(c2nc3c(-c4ccc(F)cc4F)cc(C(=O)O)c(=O)n3cc2F)C1.O=C(O)C(F)(F)F. The standard InChI is InChI=1S/C19H15F3N4O3.C2HF3O2/c20-9-1-2-11(14(21)5-9)12-6-13(19(28)29)18(27)26-8-15(22)17(24-16(12)26)25-4-3-10(23)7-25;3-2(4,5)1(6)7/h1-2,5-6,8,10H,3-4,7,23H2,(H,28,29);(H,6,7). The molecule has 0 aliphatic carbocycles. The van der Waals surface area contributed by atoms with E-state index in [0.717, 1.165) is 28.8 Å². The Bertz CT molecular complexity index is 1410. The van der Waals surface area contributed by atoms with Crippen LogP contribution in [0.5, 0.6) is 0 Å². The van der Waals surface area contributed by atoms with E-state index in [1.54, 1.807) is 4.90 Å². The van der Waals surface area contributed by atoms with Gasteiger partial charge < -0.3 is 20.8 Å². The lowest BCUT2D eigenvalue weighted by Crippen LogP contribution is -2.29. The number of halogens is 6. The first-order valence-corrected chi connectivity index (χ1v) is 9.96. The van der Waals surface area contributed by atoms with E-state index in [0.29, 0.717) is 25.6 Å². The van der Waals surface area contributed by atoms with Crippen LogP contribution in [0.15, 0.2) is 35.3 Å². The molecule has 0 radical (unpaired) electrons. The van der Waals surface area contributed by atoms with E-state index < -0.39 is 46.7 Å². The zero-order chi connectivity index (χ0) is 26.9. The third-order valence-electron chi connectivity index (χ3n) is 5.09. The van der Waals surface area contributed by atoms with Crippen LogP contribution >= 0.6 is 0 Å². The van der Waals surface area contributed by atoms with Crippen molar-refractivity contribution in [3.63, 3.8) is 0 Å². The predicted octanol–water partition coefficient (Wildman–Crippen LogP) is 2.65. The fourth-order valence-corrected chi connectivity index (χ4v) is 3.45. The topological polar surface area (TPSA) is 138 Å². The van der Waals surface area contributed by atoms with Gasteiger partial charge in [0.1, 0.15) is 22.8 Å². The van der Waals surface area contributed by atoms with Crippen molar-refractivity contribution in [1.29, 1.82) is 0 Å². The first kappa shape index (κ1) is 26.5. The number of aromatic carboxylic acids is 1. The lowest BCUT2D eigenvalue weighted by Gasteiger charge is -2.19. The highest BCUT2D eigenvalue weighted by Crippen LogP contribution is 2.30. The molecule has 192 valence electrons. The summed E-state index contributed by atoms with van der Waals surface area (Å²) in [5, 5.41) is 16.5. The van der Waals surface area contributed by atoms with Gasteiger partial charge in [-0.25, -0.2) is 27.7 Å². The van der Waals surface area contributed by atoms with Crippen LogP contribution in [0, 0.1) is 17.5 Å². The van der Waals surface area contributed by atoms with Crippen molar-refractivity contribution in [2.75, 3.05) is 18.0 Å². The summed E-state index contributed by atoms with van der Waals surface area (Å²) >= 11 is 0. The van der Waals surface area contributed by atoms with Gasteiger partial charge in [0, 0.05) is 36.3 Å². The Morgan fingerprint density at radius 2 is 1.69 bits per heavy atom. The maximum Gasteiger partial charge on any atom is 0.490 e. The minimum absolute atomic E-state index is 0.0794. The lowest BCUT2D eigenvalue weighted by molar-refractivity contribution is -0.192. The number of anilines is 1. The number of rotatable bonds is 3. The number of hydrogen-bond acceptors (Lipinski definition) is 6. The predicted molar refractivity (Wildman–Crippen MR) is 112 cm³/mol. The first-order chi connectivity index (χ1) is 16.7. The van der Waals surface area contributed by atoms with Crippen molar-refractivity contribution >= 4 is 23.4 Å². The van der Waals surface area contributed by atoms with Crippen molar-refractivity contribution in [2.24, 2.45) is 5.73 Å². The van der Waals surface area contributed by atoms with Gasteiger partial charge in [-0.2, -0.15) is 13.2 Å². The molecule has 15 heteroatoms. The van der Waals surface area contributed by atoms with Gasteiger partial charge in [0.2, 0.25) is 0 Å². The Morgan fingerprint density at radius 3 is 2.19 bits per heavy atom. The average Bonchev–Trinajstić information content (AvgIpc) is 3.20. The van der Waals surface area contributed by atoms with Gasteiger partial charge in [0.25, 0.3) is 5.56 Å². The van der Waals surface area contributed by atoms with Gasteiger partial charge >= 0.3 is 18.1 Å². The molecular formula is C21H16F6N4O5. The van der Waals surface area contributed by atoms with Crippen LogP contribution in [0.2, 0.25) is 0 Å². The minimum atomic E-state index is -5.08. The molecule has 0 saturated carbocycles. The number of fused-ring (bicyclic) bond motifs is 1. The Labute approximate surface area is 197 Å². The van der Waals surface area contributed by atoms with Gasteiger partial charge in [0.05, 0.1) is 6.20 Å². The van der Waals surface area contributed by atoms with Crippen LogP contribution in [0.3, 0.4) is 0 Å². The number of hydrogen-bond donors (Lipinski definition) is 3. The molecule has 1 aliphatic rings. The molecule has 0 spiro atoms. The summed E-state index contributed by atoms with van der Waals surface area (Å²) in [6.07, 6.45) is -3.64. The Hall–Kier alpha value is -4.14. The molecule has 1 atom stereocenters. The highest BCUT2D eigenvalue weighted by Gasteiger charge is 2.38. The summed E-state index contributed by atoms with van der Waals surface area (Å²) in [6.45, 7) is 0.788. The average molecular weight is 518 g/mol. The van der Waals surface area contributed by atoms with E-state index in [-0.39, 0.29) is 28.6 Å². The fraction of sp³-hybridized carbons (Fsp3) is 0.238. The summed E-state index contributed by atoms with van der Waals surface area (Å²) in [5.41, 5.74) is 3.74. The van der Waals surface area contributed by atoms with Crippen LogP contribution in [0.1, 0.15) is 16.8 Å². The summed E-state index contributed by atoms with van der Waals surface area (Å²) < 4.78 is 74.9. The number of nitrogens with two attached hydrogens (primary N) is 1. The largest absolute Gasteiger partial charge is 0.490 e. The number of nitrogens with zero attached hydrogens (tertiary/aromatic N) is 3. The third-order valence-corrected chi connectivity index (χ3v) is 5.09. The fourth-order valence-electron chi connectivity index (χ4n) is 3.45. The molecule has 1 saturated heterocycles. The molecule has 1 fully saturated rings. The van der Waals surface area contributed by atoms with Crippen molar-refractivity contribution in [1.82, 2.24) is 9.38 Å². The number of pyridine rings is 1. The number of aromatic nitrogens is 2. The van der Waals surface area contributed by atoms with Crippen molar-refractivity contribution in [3.05, 3.63) is 63.8 Å². The second-order valence-electron chi connectivity index (χ2n) is 7.61. The Balaban J connectivity index is 0.000000454. The molecule has 36 heavy (non-hydrogen) atoms. The van der Waals surface area contributed by atoms with Gasteiger partial charge in [-0.05, 0) is 24.6 Å². The zero-order valence-electron chi connectivity index (χ0n) is 17.9. The van der Waals surface area contributed by atoms with Crippen molar-refractivity contribution in [3.8, 4) is 11.1 Å². The second-order valence-corrected chi connectivity index (χ2v) is 7.61. The maximum absolute atomic E-state index is 14.7. The van der Waals surface area contributed by atoms with E-state index in [4.69, 9.17) is 15.6 Å². The lowest BCUT2D eigenvalue weighted by atomic mass is 10.0. The molecule has 0 bridgehead atoms. The molecular weight excluding hydrogens is 502 g/mol. The first-order valence-electron chi connectivity index (χ1n) is 9.96. The smallest absolute Gasteiger partial charge is 0.477 e. The Kier molecular flexibility index (Phi) is 7.24. The molecule has 0 amide bonds. The second kappa shape index (κ2) is 9.85. The van der Waals surface area contributed by atoms with Gasteiger partial charge in [-0.15, -0.1) is 0 Å². The van der Waals surface area contributed by atoms with Crippen LogP contribution < -0.4 is 16.2 Å². The number of benzene rings is 1. The summed E-state index contributed by atoms with van der Waals surface area (Å²) in [7, 11) is 0. The number of alkyl halides is 3. The van der Waals surface area contributed by atoms with Crippen LogP contribution in [0.25, 0.3) is 16.8 Å². The quantitative estimate of drug-likeness (QED) is 0.450. The van der Waals surface area contributed by atoms with Gasteiger partial charge in [-0.3, -0.25) is 9.20 Å². The molecule has 9 nitrogen and oxygen atoms in total. The van der Waals surface area contributed by atoms with E-state index >= 15 is 0 Å². The normalized spacial score (nSPS) is 15.5. The number of carboxylic acids is 2. The molecule has 4 N–H and O–H groups in total. The van der Waals surface area contributed by atoms with Crippen LogP contribution in [0.4, 0.5) is 32.2 Å². The monoisotopic (exact) mass is 518 g/mol. The summed E-state index contributed by atoms with van der Waals surface area (Å²) in [4.78, 5) is 38.7. The highest BCUT2D eigenvalue weighted by atomic mass is 19.4.